The summed E-state index contributed by atoms with van der Waals surface area (Å²) in [5.41, 5.74) is 2.19. The van der Waals surface area contributed by atoms with Crippen molar-refractivity contribution in [3.63, 3.8) is 0 Å². The van der Waals surface area contributed by atoms with E-state index < -0.39 is 0 Å². The topological polar surface area (TPSA) is 48.0 Å². The molecule has 1 aromatic carbocycles. The van der Waals surface area contributed by atoms with Crippen LogP contribution in [0.1, 0.15) is 10.4 Å². The molecule has 3 rings (SSSR count). The van der Waals surface area contributed by atoms with Gasteiger partial charge < -0.3 is 4.42 Å². The molecule has 0 amide bonds. The molecule has 3 aromatic rings. The van der Waals surface area contributed by atoms with Crippen molar-refractivity contribution in [2.75, 3.05) is 0 Å². The second-order valence-electron chi connectivity index (χ2n) is 3.84. The van der Waals surface area contributed by atoms with Gasteiger partial charge in [0, 0.05) is 6.20 Å². The molecule has 0 unspecified atom stereocenters. The van der Waals surface area contributed by atoms with Crippen molar-refractivity contribution >= 4 is 6.29 Å². The number of carbonyl (C=O) groups is 1. The van der Waals surface area contributed by atoms with Gasteiger partial charge in [-0.3, -0.25) is 4.79 Å². The van der Waals surface area contributed by atoms with Gasteiger partial charge in [0.05, 0.1) is 11.3 Å². The van der Waals surface area contributed by atoms with Crippen LogP contribution >= 0.6 is 0 Å². The fourth-order valence-electron chi connectivity index (χ4n) is 1.73. The number of hydrogen-bond acceptors (Lipinski definition) is 3. The first kappa shape index (κ1) is 10.5. The maximum absolute atomic E-state index is 10.6. The van der Waals surface area contributed by atoms with Crippen molar-refractivity contribution in [3.05, 3.63) is 60.5 Å². The summed E-state index contributed by atoms with van der Waals surface area (Å²) in [6.07, 6.45) is 4.03. The van der Waals surface area contributed by atoms with Crippen LogP contribution in [0.3, 0.4) is 0 Å². The molecule has 88 valence electrons. The third kappa shape index (κ3) is 1.84. The fraction of sp³-hybridized carbons (Fsp3) is 0. The zero-order valence-corrected chi connectivity index (χ0v) is 9.48. The molecule has 0 spiro atoms. The van der Waals surface area contributed by atoms with Crippen molar-refractivity contribution in [2.24, 2.45) is 0 Å². The number of benzene rings is 1. The number of para-hydroxylation sites is 1. The summed E-state index contributed by atoms with van der Waals surface area (Å²) in [7, 11) is 0. The third-order valence-corrected chi connectivity index (χ3v) is 2.62. The highest BCUT2D eigenvalue weighted by Gasteiger charge is 2.08. The quantitative estimate of drug-likeness (QED) is 0.659. The van der Waals surface area contributed by atoms with Gasteiger partial charge in [0.25, 0.3) is 0 Å². The minimum atomic E-state index is 0.513. The zero-order valence-electron chi connectivity index (χ0n) is 9.48. The molecule has 0 aliphatic rings. The van der Waals surface area contributed by atoms with Gasteiger partial charge in [-0.05, 0) is 24.3 Å². The zero-order chi connectivity index (χ0) is 12.4. The Labute approximate surface area is 103 Å². The molecule has 0 fully saturated rings. The lowest BCUT2D eigenvalue weighted by molar-refractivity contribution is 0.112. The van der Waals surface area contributed by atoms with Crippen LogP contribution in [-0.4, -0.2) is 16.1 Å². The summed E-state index contributed by atoms with van der Waals surface area (Å²) in [4.78, 5) is 10.6. The van der Waals surface area contributed by atoms with Crippen LogP contribution in [0.15, 0.2) is 59.3 Å². The van der Waals surface area contributed by atoms with Gasteiger partial charge in [-0.25, -0.2) is 4.68 Å². The Kier molecular flexibility index (Phi) is 2.53. The summed E-state index contributed by atoms with van der Waals surface area (Å²) >= 11 is 0. The highest BCUT2D eigenvalue weighted by Crippen LogP contribution is 2.20. The molecule has 0 bridgehead atoms. The van der Waals surface area contributed by atoms with Gasteiger partial charge in [0.2, 0.25) is 0 Å². The molecule has 2 heterocycles. The van der Waals surface area contributed by atoms with Crippen molar-refractivity contribution in [3.8, 4) is 17.1 Å². The summed E-state index contributed by atoms with van der Waals surface area (Å²) in [6.45, 7) is 0. The Hall–Kier alpha value is -2.62. The van der Waals surface area contributed by atoms with Crippen molar-refractivity contribution in [2.45, 2.75) is 0 Å². The van der Waals surface area contributed by atoms with Crippen LogP contribution in [0.5, 0.6) is 0 Å². The van der Waals surface area contributed by atoms with Crippen LogP contribution in [0.2, 0.25) is 0 Å². The van der Waals surface area contributed by atoms with Gasteiger partial charge >= 0.3 is 0 Å². The van der Waals surface area contributed by atoms with E-state index in [-0.39, 0.29) is 0 Å². The second kappa shape index (κ2) is 4.33. The molecule has 2 aromatic heterocycles. The Morgan fingerprint density at radius 2 is 2.00 bits per heavy atom. The summed E-state index contributed by atoms with van der Waals surface area (Å²) in [5, 5.41) is 4.41. The molecule has 0 radical (unpaired) electrons. The van der Waals surface area contributed by atoms with Crippen LogP contribution < -0.4 is 0 Å². The molecule has 0 N–H and O–H groups in total. The normalized spacial score (nSPS) is 10.4. The molecule has 18 heavy (non-hydrogen) atoms. The molecular formula is C14H10N2O2. The average Bonchev–Trinajstić information content (AvgIpc) is 3.08. The molecule has 0 saturated heterocycles. The standard InChI is InChI=1S/C14H10N2O2/c17-9-11-8-14(18-10-11)13-6-7-16(15-13)12-4-2-1-3-5-12/h1-10H. The number of aldehydes is 1. The van der Waals surface area contributed by atoms with Crippen molar-refractivity contribution in [1.82, 2.24) is 9.78 Å². The molecule has 0 atom stereocenters. The minimum Gasteiger partial charge on any atom is -0.462 e. The van der Waals surface area contributed by atoms with Gasteiger partial charge in [-0.2, -0.15) is 5.10 Å². The van der Waals surface area contributed by atoms with E-state index in [2.05, 4.69) is 5.10 Å². The molecule has 0 saturated carbocycles. The van der Waals surface area contributed by atoms with Crippen LogP contribution in [0.25, 0.3) is 17.1 Å². The third-order valence-electron chi connectivity index (χ3n) is 2.62. The smallest absolute Gasteiger partial charge is 0.154 e. The lowest BCUT2D eigenvalue weighted by atomic mass is 10.3. The predicted molar refractivity (Wildman–Crippen MR) is 66.7 cm³/mol. The average molecular weight is 238 g/mol. The lowest BCUT2D eigenvalue weighted by Crippen LogP contribution is -1.93. The van der Waals surface area contributed by atoms with E-state index >= 15 is 0 Å². The number of carbonyl (C=O) groups excluding carboxylic acids is 1. The van der Waals surface area contributed by atoms with E-state index in [0.29, 0.717) is 17.0 Å². The van der Waals surface area contributed by atoms with Crippen LogP contribution in [0, 0.1) is 0 Å². The van der Waals surface area contributed by atoms with Gasteiger partial charge in [0.15, 0.2) is 12.0 Å². The Morgan fingerprint density at radius 3 is 2.72 bits per heavy atom. The SMILES string of the molecule is O=Cc1coc(-c2ccn(-c3ccccc3)n2)c1. The fourth-order valence-corrected chi connectivity index (χ4v) is 1.73. The maximum atomic E-state index is 10.6. The maximum Gasteiger partial charge on any atom is 0.154 e. The second-order valence-corrected chi connectivity index (χ2v) is 3.84. The van der Waals surface area contributed by atoms with Crippen LogP contribution in [0.4, 0.5) is 0 Å². The van der Waals surface area contributed by atoms with Crippen LogP contribution in [-0.2, 0) is 0 Å². The van der Waals surface area contributed by atoms with Crippen molar-refractivity contribution < 1.29 is 9.21 Å². The summed E-state index contributed by atoms with van der Waals surface area (Å²) in [6, 6.07) is 13.3. The van der Waals surface area contributed by atoms with Gasteiger partial charge in [-0.15, -0.1) is 0 Å². The number of rotatable bonds is 3. The Balaban J connectivity index is 1.96. The number of hydrogen-bond donors (Lipinski definition) is 0. The molecule has 4 heteroatoms. The van der Waals surface area contributed by atoms with E-state index in [9.17, 15) is 4.79 Å². The van der Waals surface area contributed by atoms with E-state index in [1.54, 1.807) is 10.7 Å². The molecule has 0 aliphatic heterocycles. The van der Waals surface area contributed by atoms with Crippen molar-refractivity contribution in [1.29, 1.82) is 0 Å². The number of furan rings is 1. The van der Waals surface area contributed by atoms with Gasteiger partial charge in [0.1, 0.15) is 12.0 Å². The first-order valence-corrected chi connectivity index (χ1v) is 5.52. The molecule has 4 nitrogen and oxygen atoms in total. The van der Waals surface area contributed by atoms with E-state index in [1.807, 2.05) is 42.6 Å². The highest BCUT2D eigenvalue weighted by atomic mass is 16.3. The predicted octanol–water partition coefficient (Wildman–Crippen LogP) is 2.94. The van der Waals surface area contributed by atoms with E-state index in [4.69, 9.17) is 4.42 Å². The lowest BCUT2D eigenvalue weighted by Gasteiger charge is -1.98. The summed E-state index contributed by atoms with van der Waals surface area (Å²) in [5.74, 6) is 0.590. The first-order chi connectivity index (χ1) is 8.86. The first-order valence-electron chi connectivity index (χ1n) is 5.52. The minimum absolute atomic E-state index is 0.513. The number of nitrogens with zero attached hydrogens (tertiary/aromatic N) is 2. The summed E-state index contributed by atoms with van der Waals surface area (Å²) < 4.78 is 7.05. The van der Waals surface area contributed by atoms with E-state index in [0.717, 1.165) is 12.0 Å². The molecular weight excluding hydrogens is 228 g/mol. The Bertz CT molecular complexity index is 668. The van der Waals surface area contributed by atoms with Gasteiger partial charge in [-0.1, -0.05) is 18.2 Å². The molecule has 0 aliphatic carbocycles. The number of aromatic nitrogens is 2. The largest absolute Gasteiger partial charge is 0.462 e. The monoisotopic (exact) mass is 238 g/mol. The highest BCUT2D eigenvalue weighted by molar-refractivity contribution is 5.76. The van der Waals surface area contributed by atoms with E-state index in [1.165, 1.54) is 6.26 Å². The Morgan fingerprint density at radius 1 is 1.17 bits per heavy atom.